The molecule has 0 radical (unpaired) electrons. The van der Waals surface area contributed by atoms with Gasteiger partial charge in [0.2, 0.25) is 0 Å². The van der Waals surface area contributed by atoms with Crippen LogP contribution in [0, 0.1) is 12.7 Å². The molecule has 0 heterocycles. The predicted molar refractivity (Wildman–Crippen MR) is 78.1 cm³/mol. The maximum absolute atomic E-state index is 13.5. The molecule has 0 aliphatic carbocycles. The number of ether oxygens (including phenoxy) is 1. The molecule has 4 heteroatoms. The Bertz CT molecular complexity index is 586. The van der Waals surface area contributed by atoms with Gasteiger partial charge in [0, 0.05) is 17.1 Å². The molecule has 1 N–H and O–H groups in total. The highest BCUT2D eigenvalue weighted by molar-refractivity contribution is 9.10. The van der Waals surface area contributed by atoms with Gasteiger partial charge in [-0.2, -0.15) is 0 Å². The highest BCUT2D eigenvalue weighted by Gasteiger charge is 2.05. The monoisotopic (exact) mass is 323 g/mol. The number of benzene rings is 2. The van der Waals surface area contributed by atoms with Crippen molar-refractivity contribution < 1.29 is 9.13 Å². The summed E-state index contributed by atoms with van der Waals surface area (Å²) in [7, 11) is 1.82. The Morgan fingerprint density at radius 3 is 2.68 bits per heavy atom. The topological polar surface area (TPSA) is 21.3 Å². The molecule has 19 heavy (non-hydrogen) atoms. The lowest BCUT2D eigenvalue weighted by atomic mass is 10.2. The van der Waals surface area contributed by atoms with Gasteiger partial charge in [0.25, 0.3) is 0 Å². The summed E-state index contributed by atoms with van der Waals surface area (Å²) in [5.74, 6) is 0.942. The number of nitrogens with one attached hydrogen (secondary N) is 1. The Hall–Kier alpha value is -1.39. The van der Waals surface area contributed by atoms with Crippen molar-refractivity contribution in [3.63, 3.8) is 0 Å². The summed E-state index contributed by atoms with van der Waals surface area (Å²) in [6, 6.07) is 10.4. The van der Waals surface area contributed by atoms with Crippen LogP contribution in [0.3, 0.4) is 0 Å². The van der Waals surface area contributed by atoms with E-state index in [2.05, 4.69) is 21.2 Å². The van der Waals surface area contributed by atoms with Crippen LogP contribution in [0.1, 0.15) is 11.1 Å². The molecule has 0 bridgehead atoms. The maximum atomic E-state index is 13.5. The molecule has 0 fully saturated rings. The summed E-state index contributed by atoms with van der Waals surface area (Å²) in [5, 5.41) is 2.99. The lowest BCUT2D eigenvalue weighted by Gasteiger charge is -2.10. The van der Waals surface area contributed by atoms with Crippen LogP contribution in [0.4, 0.5) is 4.39 Å². The second kappa shape index (κ2) is 6.17. The van der Waals surface area contributed by atoms with Gasteiger partial charge in [-0.3, -0.25) is 0 Å². The minimum Gasteiger partial charge on any atom is -0.457 e. The predicted octanol–water partition coefficient (Wildman–Crippen LogP) is 4.41. The van der Waals surface area contributed by atoms with Gasteiger partial charge in [-0.05, 0) is 55.4 Å². The molecule has 0 spiro atoms. The number of hydrogen-bond donors (Lipinski definition) is 1. The van der Waals surface area contributed by atoms with Crippen molar-refractivity contribution in [2.75, 3.05) is 7.05 Å². The van der Waals surface area contributed by atoms with Crippen LogP contribution in [-0.4, -0.2) is 7.05 Å². The summed E-state index contributed by atoms with van der Waals surface area (Å²) >= 11 is 3.40. The molecule has 0 aliphatic heterocycles. The zero-order valence-electron chi connectivity index (χ0n) is 10.8. The lowest BCUT2D eigenvalue weighted by molar-refractivity contribution is 0.472. The quantitative estimate of drug-likeness (QED) is 0.899. The third kappa shape index (κ3) is 3.78. The van der Waals surface area contributed by atoms with Crippen molar-refractivity contribution in [1.82, 2.24) is 5.32 Å². The molecule has 0 saturated carbocycles. The molecule has 0 atom stereocenters. The van der Waals surface area contributed by atoms with E-state index in [-0.39, 0.29) is 5.82 Å². The van der Waals surface area contributed by atoms with Crippen LogP contribution in [0.5, 0.6) is 11.5 Å². The third-order valence-corrected chi connectivity index (χ3v) is 3.17. The van der Waals surface area contributed by atoms with Crippen molar-refractivity contribution in [3.8, 4) is 11.5 Å². The molecule has 0 amide bonds. The fourth-order valence-corrected chi connectivity index (χ4v) is 2.32. The van der Waals surface area contributed by atoms with E-state index < -0.39 is 0 Å². The van der Waals surface area contributed by atoms with Crippen molar-refractivity contribution in [2.45, 2.75) is 13.5 Å². The molecule has 2 aromatic rings. The van der Waals surface area contributed by atoms with Crippen molar-refractivity contribution in [3.05, 3.63) is 57.8 Å². The summed E-state index contributed by atoms with van der Waals surface area (Å²) in [4.78, 5) is 0. The average Bonchev–Trinajstić information content (AvgIpc) is 2.32. The summed E-state index contributed by atoms with van der Waals surface area (Å²) in [6.07, 6.45) is 0. The molecular formula is C15H15BrFNO. The Balaban J connectivity index is 2.27. The number of rotatable bonds is 4. The first-order valence-electron chi connectivity index (χ1n) is 5.96. The second-order valence-corrected chi connectivity index (χ2v) is 5.25. The Morgan fingerprint density at radius 1 is 1.21 bits per heavy atom. The van der Waals surface area contributed by atoms with Crippen LogP contribution in [-0.2, 0) is 6.54 Å². The summed E-state index contributed by atoms with van der Waals surface area (Å²) < 4.78 is 20.2. The molecule has 100 valence electrons. The smallest absolute Gasteiger partial charge is 0.130 e. The van der Waals surface area contributed by atoms with Crippen LogP contribution in [0.2, 0.25) is 0 Å². The van der Waals surface area contributed by atoms with Crippen LogP contribution >= 0.6 is 15.9 Å². The highest BCUT2D eigenvalue weighted by atomic mass is 79.9. The molecule has 2 rings (SSSR count). The summed E-state index contributed by atoms with van der Waals surface area (Å²) in [5.41, 5.74) is 1.85. The number of aryl methyl sites for hydroxylation is 1. The molecule has 2 aromatic carbocycles. The van der Waals surface area contributed by atoms with E-state index in [9.17, 15) is 4.39 Å². The van der Waals surface area contributed by atoms with Crippen molar-refractivity contribution >= 4 is 15.9 Å². The van der Waals surface area contributed by atoms with E-state index in [1.807, 2.05) is 38.2 Å². The van der Waals surface area contributed by atoms with E-state index in [0.29, 0.717) is 12.3 Å². The van der Waals surface area contributed by atoms with Gasteiger partial charge in [0.05, 0.1) is 0 Å². The molecule has 2 nitrogen and oxygen atoms in total. The van der Waals surface area contributed by atoms with Crippen LogP contribution in [0.15, 0.2) is 40.9 Å². The lowest BCUT2D eigenvalue weighted by Crippen LogP contribution is -2.05. The minimum absolute atomic E-state index is 0.294. The van der Waals surface area contributed by atoms with Gasteiger partial charge in [-0.1, -0.05) is 15.9 Å². The van der Waals surface area contributed by atoms with E-state index in [4.69, 9.17) is 4.74 Å². The van der Waals surface area contributed by atoms with Gasteiger partial charge in [-0.15, -0.1) is 0 Å². The maximum Gasteiger partial charge on any atom is 0.130 e. The van der Waals surface area contributed by atoms with Crippen molar-refractivity contribution in [2.24, 2.45) is 0 Å². The first kappa shape index (κ1) is 14.0. The second-order valence-electron chi connectivity index (χ2n) is 4.34. The fraction of sp³-hybridized carbons (Fsp3) is 0.200. The molecular weight excluding hydrogens is 309 g/mol. The van der Waals surface area contributed by atoms with Gasteiger partial charge in [-0.25, -0.2) is 4.39 Å². The Morgan fingerprint density at radius 2 is 2.00 bits per heavy atom. The van der Waals surface area contributed by atoms with Crippen molar-refractivity contribution in [1.29, 1.82) is 0 Å². The first-order valence-corrected chi connectivity index (χ1v) is 6.76. The minimum atomic E-state index is -0.294. The van der Waals surface area contributed by atoms with Gasteiger partial charge >= 0.3 is 0 Å². The zero-order chi connectivity index (χ0) is 13.8. The Labute approximate surface area is 120 Å². The molecule has 0 aromatic heterocycles. The van der Waals surface area contributed by atoms with Gasteiger partial charge < -0.3 is 10.1 Å². The average molecular weight is 324 g/mol. The first-order chi connectivity index (χ1) is 9.08. The van der Waals surface area contributed by atoms with E-state index in [1.165, 1.54) is 12.1 Å². The number of halogens is 2. The number of hydrogen-bond acceptors (Lipinski definition) is 2. The highest BCUT2D eigenvalue weighted by Crippen LogP contribution is 2.28. The SMILES string of the molecule is CNCc1cc(F)cc(Oc2ccc(Br)cc2C)c1. The zero-order valence-corrected chi connectivity index (χ0v) is 12.4. The molecule has 0 saturated heterocycles. The van der Waals surface area contributed by atoms with Gasteiger partial charge in [0.1, 0.15) is 17.3 Å². The third-order valence-electron chi connectivity index (χ3n) is 2.68. The van der Waals surface area contributed by atoms with E-state index in [1.54, 1.807) is 0 Å². The standard InChI is InChI=1S/C15H15BrFNO/c1-10-5-12(16)3-4-15(10)19-14-7-11(9-18-2)6-13(17)8-14/h3-8,18H,9H2,1-2H3. The largest absolute Gasteiger partial charge is 0.457 e. The Kier molecular flexibility index (Phi) is 4.56. The molecule has 0 aliphatic rings. The van der Waals surface area contributed by atoms with Crippen LogP contribution < -0.4 is 10.1 Å². The fourth-order valence-electron chi connectivity index (χ4n) is 1.84. The molecule has 0 unspecified atom stereocenters. The van der Waals surface area contributed by atoms with E-state index in [0.717, 1.165) is 21.3 Å². The van der Waals surface area contributed by atoms with Crippen LogP contribution in [0.25, 0.3) is 0 Å². The van der Waals surface area contributed by atoms with E-state index >= 15 is 0 Å². The van der Waals surface area contributed by atoms with Gasteiger partial charge in [0.15, 0.2) is 0 Å². The summed E-state index contributed by atoms with van der Waals surface area (Å²) in [6.45, 7) is 2.56. The normalized spacial score (nSPS) is 10.5.